The van der Waals surface area contributed by atoms with Gasteiger partial charge in [-0.3, -0.25) is 0 Å². The summed E-state index contributed by atoms with van der Waals surface area (Å²) in [6, 6.07) is 0. The maximum atomic E-state index is 10.3. The van der Waals surface area contributed by atoms with Crippen LogP contribution in [0.4, 0.5) is 0 Å². The van der Waals surface area contributed by atoms with Gasteiger partial charge in [0.15, 0.2) is 6.29 Å². The van der Waals surface area contributed by atoms with Crippen LogP contribution in [0, 0.1) is 0 Å². The van der Waals surface area contributed by atoms with E-state index in [4.69, 9.17) is 10.2 Å². The van der Waals surface area contributed by atoms with E-state index >= 15 is 0 Å². The molecule has 84 valence electrons. The predicted molar refractivity (Wildman–Crippen MR) is 46.4 cm³/mol. The molecule has 5 N–H and O–H groups in total. The van der Waals surface area contributed by atoms with Crippen molar-refractivity contribution in [3.05, 3.63) is 0 Å². The molecule has 0 aliphatic heterocycles. The van der Waals surface area contributed by atoms with Crippen molar-refractivity contribution in [1.82, 2.24) is 0 Å². The van der Waals surface area contributed by atoms with Gasteiger partial charge in [-0.15, -0.1) is 0 Å². The first-order chi connectivity index (χ1) is 6.24. The third-order valence-electron chi connectivity index (χ3n) is 2.01. The summed E-state index contributed by atoms with van der Waals surface area (Å²) >= 11 is 0. The lowest BCUT2D eigenvalue weighted by molar-refractivity contribution is -0.165. The molecule has 1 unspecified atom stereocenters. The highest BCUT2D eigenvalue weighted by Crippen LogP contribution is 2.14. The van der Waals surface area contributed by atoms with Gasteiger partial charge in [0.05, 0.1) is 6.10 Å². The fourth-order valence-corrected chi connectivity index (χ4v) is 0.888. The molecule has 0 aliphatic rings. The van der Waals surface area contributed by atoms with Crippen LogP contribution in [-0.4, -0.2) is 61.8 Å². The molecular formula is C8H16O6. The van der Waals surface area contributed by atoms with Crippen molar-refractivity contribution in [3.8, 4) is 0 Å². The van der Waals surface area contributed by atoms with Crippen LogP contribution in [0.2, 0.25) is 0 Å². The zero-order valence-corrected chi connectivity index (χ0v) is 8.03. The summed E-state index contributed by atoms with van der Waals surface area (Å²) in [4.78, 5) is 10.3. The molecule has 0 heterocycles. The standard InChI is InChI=1S/C8H16O6/c1-4(10)5(11)6(12)7(13)8(2,14)3-9/h3-7,10-14H,1-2H3/t4?,5-,6+,7+,8+/m1/s1. The average Bonchev–Trinajstić information content (AvgIpc) is 2.14. The van der Waals surface area contributed by atoms with Gasteiger partial charge < -0.3 is 30.3 Å². The number of aliphatic hydroxyl groups is 5. The van der Waals surface area contributed by atoms with E-state index in [9.17, 15) is 20.1 Å². The highest BCUT2D eigenvalue weighted by Gasteiger charge is 2.39. The molecule has 0 aliphatic carbocycles. The predicted octanol–water partition coefficient (Wildman–Crippen LogP) is -2.60. The zero-order valence-electron chi connectivity index (χ0n) is 8.03. The van der Waals surface area contributed by atoms with Crippen LogP contribution >= 0.6 is 0 Å². The van der Waals surface area contributed by atoms with Gasteiger partial charge in [-0.25, -0.2) is 0 Å². The van der Waals surface area contributed by atoms with E-state index in [1.165, 1.54) is 6.92 Å². The van der Waals surface area contributed by atoms with E-state index < -0.39 is 30.0 Å². The Morgan fingerprint density at radius 3 is 1.86 bits per heavy atom. The van der Waals surface area contributed by atoms with Crippen LogP contribution in [0.15, 0.2) is 0 Å². The van der Waals surface area contributed by atoms with E-state index in [-0.39, 0.29) is 6.29 Å². The van der Waals surface area contributed by atoms with Gasteiger partial charge >= 0.3 is 0 Å². The van der Waals surface area contributed by atoms with E-state index in [0.717, 1.165) is 6.92 Å². The maximum Gasteiger partial charge on any atom is 0.154 e. The summed E-state index contributed by atoms with van der Waals surface area (Å²) in [6.07, 6.45) is -6.51. The topological polar surface area (TPSA) is 118 Å². The number of hydrogen-bond acceptors (Lipinski definition) is 6. The molecule has 0 rings (SSSR count). The molecule has 0 fully saturated rings. The number of carbonyl (C=O) groups excluding carboxylic acids is 1. The summed E-state index contributed by atoms with van der Waals surface area (Å²) in [5, 5.41) is 45.8. The maximum absolute atomic E-state index is 10.3. The van der Waals surface area contributed by atoms with Gasteiger partial charge in [-0.2, -0.15) is 0 Å². The average molecular weight is 208 g/mol. The van der Waals surface area contributed by atoms with E-state index in [2.05, 4.69) is 0 Å². The molecule has 14 heavy (non-hydrogen) atoms. The second kappa shape index (κ2) is 4.81. The minimum absolute atomic E-state index is 0.0512. The molecule has 0 amide bonds. The lowest BCUT2D eigenvalue weighted by atomic mass is 9.92. The lowest BCUT2D eigenvalue weighted by Crippen LogP contribution is -2.54. The van der Waals surface area contributed by atoms with E-state index in [0.29, 0.717) is 0 Å². The van der Waals surface area contributed by atoms with Gasteiger partial charge in [-0.05, 0) is 13.8 Å². The molecule has 0 saturated carbocycles. The molecule has 5 atom stereocenters. The summed E-state index contributed by atoms with van der Waals surface area (Å²) in [5.41, 5.74) is -2.16. The van der Waals surface area contributed by atoms with Gasteiger partial charge in [0.2, 0.25) is 0 Å². The molecule has 0 bridgehead atoms. The molecule has 0 aromatic rings. The molecule has 0 spiro atoms. The minimum atomic E-state index is -2.16. The second-order valence-electron chi connectivity index (χ2n) is 3.51. The van der Waals surface area contributed by atoms with Crippen LogP contribution < -0.4 is 0 Å². The van der Waals surface area contributed by atoms with Crippen molar-refractivity contribution in [2.45, 2.75) is 43.9 Å². The monoisotopic (exact) mass is 208 g/mol. The molecule has 0 aromatic heterocycles. The number of hydrogen-bond donors (Lipinski definition) is 5. The minimum Gasteiger partial charge on any atom is -0.391 e. The largest absolute Gasteiger partial charge is 0.391 e. The van der Waals surface area contributed by atoms with Gasteiger partial charge in [0.25, 0.3) is 0 Å². The Balaban J connectivity index is 4.53. The number of aliphatic hydroxyl groups excluding tert-OH is 4. The van der Waals surface area contributed by atoms with Crippen LogP contribution in [0.5, 0.6) is 0 Å². The first-order valence-corrected chi connectivity index (χ1v) is 4.15. The second-order valence-corrected chi connectivity index (χ2v) is 3.51. The molecule has 0 aromatic carbocycles. The summed E-state index contributed by atoms with van der Waals surface area (Å²) in [6.45, 7) is 2.19. The van der Waals surface area contributed by atoms with Gasteiger partial charge in [0.1, 0.15) is 23.9 Å². The first-order valence-electron chi connectivity index (χ1n) is 4.15. The Kier molecular flexibility index (Phi) is 4.63. The number of aldehydes is 1. The first kappa shape index (κ1) is 13.5. The summed E-state index contributed by atoms with van der Waals surface area (Å²) in [7, 11) is 0. The van der Waals surface area contributed by atoms with E-state index in [1.54, 1.807) is 0 Å². The highest BCUT2D eigenvalue weighted by molar-refractivity contribution is 5.62. The van der Waals surface area contributed by atoms with Crippen molar-refractivity contribution >= 4 is 6.29 Å². The third kappa shape index (κ3) is 3.00. The van der Waals surface area contributed by atoms with Gasteiger partial charge in [-0.1, -0.05) is 0 Å². The van der Waals surface area contributed by atoms with Crippen LogP contribution in [0.3, 0.4) is 0 Å². The van der Waals surface area contributed by atoms with Crippen molar-refractivity contribution < 1.29 is 30.3 Å². The Hall–Kier alpha value is -0.530. The fraction of sp³-hybridized carbons (Fsp3) is 0.875. The molecule has 6 heteroatoms. The van der Waals surface area contributed by atoms with Gasteiger partial charge in [0, 0.05) is 0 Å². The molecule has 0 saturated heterocycles. The quantitative estimate of drug-likeness (QED) is 0.316. The number of carbonyl (C=O) groups is 1. The van der Waals surface area contributed by atoms with Crippen LogP contribution in [-0.2, 0) is 4.79 Å². The third-order valence-corrected chi connectivity index (χ3v) is 2.01. The SMILES string of the molecule is CC(O)[C@@H](O)[C@H](O)[C@H](O)[C@@](C)(O)C=O. The highest BCUT2D eigenvalue weighted by atomic mass is 16.4. The molecular weight excluding hydrogens is 192 g/mol. The van der Waals surface area contributed by atoms with Crippen molar-refractivity contribution in [2.24, 2.45) is 0 Å². The Labute approximate surface area is 81.4 Å². The fourth-order valence-electron chi connectivity index (χ4n) is 0.888. The lowest BCUT2D eigenvalue weighted by Gasteiger charge is -2.31. The van der Waals surface area contributed by atoms with Crippen LogP contribution in [0.25, 0.3) is 0 Å². The normalized spacial score (nSPS) is 24.5. The molecule has 0 radical (unpaired) electrons. The van der Waals surface area contributed by atoms with E-state index in [1.807, 2.05) is 0 Å². The summed E-state index contributed by atoms with van der Waals surface area (Å²) in [5.74, 6) is 0. The van der Waals surface area contributed by atoms with Crippen molar-refractivity contribution in [2.75, 3.05) is 0 Å². The Bertz CT molecular complexity index is 190. The Morgan fingerprint density at radius 1 is 1.14 bits per heavy atom. The molecule has 6 nitrogen and oxygen atoms in total. The Morgan fingerprint density at radius 2 is 1.57 bits per heavy atom. The van der Waals surface area contributed by atoms with Crippen LogP contribution in [0.1, 0.15) is 13.8 Å². The summed E-state index contributed by atoms with van der Waals surface area (Å²) < 4.78 is 0. The van der Waals surface area contributed by atoms with Crippen molar-refractivity contribution in [3.63, 3.8) is 0 Å². The zero-order chi connectivity index (χ0) is 11.5. The number of rotatable bonds is 5. The smallest absolute Gasteiger partial charge is 0.154 e. The van der Waals surface area contributed by atoms with Crippen molar-refractivity contribution in [1.29, 1.82) is 0 Å².